The largest absolute Gasteiger partial charge is 0.352 e. The first-order chi connectivity index (χ1) is 11.9. The highest BCUT2D eigenvalue weighted by Gasteiger charge is 2.15. The van der Waals surface area contributed by atoms with Crippen molar-refractivity contribution in [3.63, 3.8) is 0 Å². The van der Waals surface area contributed by atoms with Crippen molar-refractivity contribution in [3.8, 4) is 0 Å². The average Bonchev–Trinajstić information content (AvgIpc) is 2.55. The van der Waals surface area contributed by atoms with Crippen LogP contribution in [0.4, 0.5) is 0 Å². The molecule has 0 spiro atoms. The highest BCUT2D eigenvalue weighted by Crippen LogP contribution is 2.31. The molecule has 2 rings (SSSR count). The highest BCUT2D eigenvalue weighted by molar-refractivity contribution is 7.99. The van der Waals surface area contributed by atoms with E-state index in [2.05, 4.69) is 21.7 Å². The SMILES string of the molecule is Cc1ccc(Sc2ncccc2C(=O)NCC(=O)NC(C)C)c(C)c1. The summed E-state index contributed by atoms with van der Waals surface area (Å²) in [5.41, 5.74) is 2.79. The van der Waals surface area contributed by atoms with Crippen molar-refractivity contribution in [1.29, 1.82) is 0 Å². The maximum absolute atomic E-state index is 12.4. The number of aromatic nitrogens is 1. The van der Waals surface area contributed by atoms with E-state index >= 15 is 0 Å². The van der Waals surface area contributed by atoms with Gasteiger partial charge >= 0.3 is 0 Å². The summed E-state index contributed by atoms with van der Waals surface area (Å²) < 4.78 is 0. The first-order valence-electron chi connectivity index (χ1n) is 8.14. The second-order valence-electron chi connectivity index (χ2n) is 6.13. The van der Waals surface area contributed by atoms with Crippen LogP contribution in [0.2, 0.25) is 0 Å². The molecule has 2 N–H and O–H groups in total. The van der Waals surface area contributed by atoms with Crippen molar-refractivity contribution in [3.05, 3.63) is 53.2 Å². The molecule has 0 saturated carbocycles. The molecule has 0 unspecified atom stereocenters. The summed E-state index contributed by atoms with van der Waals surface area (Å²) in [6.45, 7) is 7.77. The van der Waals surface area contributed by atoms with Crippen molar-refractivity contribution < 1.29 is 9.59 Å². The lowest BCUT2D eigenvalue weighted by molar-refractivity contribution is -0.120. The Kier molecular flexibility index (Phi) is 6.58. The minimum Gasteiger partial charge on any atom is -0.352 e. The summed E-state index contributed by atoms with van der Waals surface area (Å²) >= 11 is 1.45. The van der Waals surface area contributed by atoms with E-state index in [-0.39, 0.29) is 24.4 Å². The van der Waals surface area contributed by atoms with E-state index in [9.17, 15) is 9.59 Å². The van der Waals surface area contributed by atoms with Gasteiger partial charge in [-0.25, -0.2) is 4.98 Å². The smallest absolute Gasteiger partial charge is 0.254 e. The molecule has 0 saturated heterocycles. The zero-order valence-electron chi connectivity index (χ0n) is 14.9. The van der Waals surface area contributed by atoms with Crippen LogP contribution in [-0.2, 0) is 4.79 Å². The Hall–Kier alpha value is -2.34. The van der Waals surface area contributed by atoms with E-state index < -0.39 is 0 Å². The molecular weight excluding hydrogens is 334 g/mol. The van der Waals surface area contributed by atoms with Gasteiger partial charge in [-0.05, 0) is 51.5 Å². The second kappa shape index (κ2) is 8.67. The maximum Gasteiger partial charge on any atom is 0.254 e. The number of carbonyl (C=O) groups is 2. The van der Waals surface area contributed by atoms with Gasteiger partial charge in [-0.1, -0.05) is 29.5 Å². The summed E-state index contributed by atoms with van der Waals surface area (Å²) in [7, 11) is 0. The van der Waals surface area contributed by atoms with E-state index in [1.54, 1.807) is 18.3 Å². The normalized spacial score (nSPS) is 10.6. The Morgan fingerprint density at radius 1 is 1.20 bits per heavy atom. The molecule has 1 aromatic heterocycles. The first-order valence-corrected chi connectivity index (χ1v) is 8.96. The predicted molar refractivity (Wildman–Crippen MR) is 99.9 cm³/mol. The lowest BCUT2D eigenvalue weighted by Crippen LogP contribution is -2.39. The number of carbonyl (C=O) groups excluding carboxylic acids is 2. The second-order valence-corrected chi connectivity index (χ2v) is 7.16. The molecule has 6 heteroatoms. The van der Waals surface area contributed by atoms with E-state index in [0.717, 1.165) is 10.5 Å². The van der Waals surface area contributed by atoms with E-state index in [4.69, 9.17) is 0 Å². The zero-order chi connectivity index (χ0) is 18.4. The molecule has 1 aromatic carbocycles. The van der Waals surface area contributed by atoms with Crippen molar-refractivity contribution in [2.24, 2.45) is 0 Å². The van der Waals surface area contributed by atoms with Crippen LogP contribution in [0.1, 0.15) is 35.3 Å². The van der Waals surface area contributed by atoms with Crippen molar-refractivity contribution >= 4 is 23.6 Å². The van der Waals surface area contributed by atoms with Crippen LogP contribution in [0.15, 0.2) is 46.5 Å². The number of nitrogens with zero attached hydrogens (tertiary/aromatic N) is 1. The summed E-state index contributed by atoms with van der Waals surface area (Å²) in [5.74, 6) is -0.518. The molecule has 0 radical (unpaired) electrons. The molecule has 0 bridgehead atoms. The number of pyridine rings is 1. The Morgan fingerprint density at radius 3 is 2.64 bits per heavy atom. The van der Waals surface area contributed by atoms with Crippen LogP contribution in [0.25, 0.3) is 0 Å². The fourth-order valence-corrected chi connectivity index (χ4v) is 3.24. The molecular formula is C19H23N3O2S. The van der Waals surface area contributed by atoms with E-state index in [1.807, 2.05) is 39.8 Å². The van der Waals surface area contributed by atoms with Crippen LogP contribution in [0.5, 0.6) is 0 Å². The monoisotopic (exact) mass is 357 g/mol. The van der Waals surface area contributed by atoms with Crippen LogP contribution in [0.3, 0.4) is 0 Å². The third kappa shape index (κ3) is 5.60. The van der Waals surface area contributed by atoms with Gasteiger partial charge in [0.05, 0.1) is 12.1 Å². The molecule has 0 fully saturated rings. The molecule has 0 aliphatic rings. The summed E-state index contributed by atoms with van der Waals surface area (Å²) in [6, 6.07) is 9.64. The molecule has 2 aromatic rings. The van der Waals surface area contributed by atoms with E-state index in [0.29, 0.717) is 10.6 Å². The number of aryl methyl sites for hydroxylation is 2. The fourth-order valence-electron chi connectivity index (χ4n) is 2.29. The molecule has 0 aliphatic heterocycles. The van der Waals surface area contributed by atoms with Gasteiger partial charge in [0.2, 0.25) is 5.91 Å². The number of hydrogen-bond acceptors (Lipinski definition) is 4. The van der Waals surface area contributed by atoms with Gasteiger partial charge in [-0.3, -0.25) is 9.59 Å². The Morgan fingerprint density at radius 2 is 1.96 bits per heavy atom. The van der Waals surface area contributed by atoms with Crippen LogP contribution >= 0.6 is 11.8 Å². The predicted octanol–water partition coefficient (Wildman–Crippen LogP) is 3.10. The Bertz CT molecular complexity index is 775. The fraction of sp³-hybridized carbons (Fsp3) is 0.316. The minimum atomic E-state index is -0.306. The molecule has 25 heavy (non-hydrogen) atoms. The molecule has 0 aliphatic carbocycles. The number of nitrogens with one attached hydrogen (secondary N) is 2. The van der Waals surface area contributed by atoms with Crippen molar-refractivity contribution in [2.75, 3.05) is 6.54 Å². The number of rotatable bonds is 6. The van der Waals surface area contributed by atoms with Gasteiger partial charge in [-0.2, -0.15) is 0 Å². The Labute approximate surface area is 152 Å². The number of amides is 2. The van der Waals surface area contributed by atoms with Gasteiger partial charge in [0, 0.05) is 17.1 Å². The molecule has 132 valence electrons. The van der Waals surface area contributed by atoms with Crippen LogP contribution in [0, 0.1) is 13.8 Å². The number of hydrogen-bond donors (Lipinski definition) is 2. The van der Waals surface area contributed by atoms with Gasteiger partial charge in [0.1, 0.15) is 5.03 Å². The quantitative estimate of drug-likeness (QED) is 0.833. The summed E-state index contributed by atoms with van der Waals surface area (Å²) in [5, 5.41) is 6.01. The standard InChI is InChI=1S/C19H23N3O2S/c1-12(2)22-17(23)11-21-18(24)15-6-5-9-20-19(15)25-16-8-7-13(3)10-14(16)4/h5-10,12H,11H2,1-4H3,(H,21,24)(H,22,23). The van der Waals surface area contributed by atoms with Crippen molar-refractivity contribution in [1.82, 2.24) is 15.6 Å². The van der Waals surface area contributed by atoms with Gasteiger partial charge < -0.3 is 10.6 Å². The van der Waals surface area contributed by atoms with Crippen LogP contribution < -0.4 is 10.6 Å². The third-order valence-corrected chi connectivity index (χ3v) is 4.61. The lowest BCUT2D eigenvalue weighted by Gasteiger charge is -2.12. The first kappa shape index (κ1) is 19.0. The van der Waals surface area contributed by atoms with E-state index in [1.165, 1.54) is 17.3 Å². The van der Waals surface area contributed by atoms with Gasteiger partial charge in [0.25, 0.3) is 5.91 Å². The molecule has 2 amide bonds. The third-order valence-electron chi connectivity index (χ3n) is 3.41. The van der Waals surface area contributed by atoms with Gasteiger partial charge in [0.15, 0.2) is 0 Å². The zero-order valence-corrected chi connectivity index (χ0v) is 15.7. The lowest BCUT2D eigenvalue weighted by atomic mass is 10.2. The van der Waals surface area contributed by atoms with Crippen molar-refractivity contribution in [2.45, 2.75) is 43.7 Å². The topological polar surface area (TPSA) is 71.1 Å². The van der Waals surface area contributed by atoms with Crippen LogP contribution in [-0.4, -0.2) is 29.4 Å². The minimum absolute atomic E-state index is 0.0402. The Balaban J connectivity index is 2.11. The summed E-state index contributed by atoms with van der Waals surface area (Å²) in [6.07, 6.45) is 1.66. The van der Waals surface area contributed by atoms with Gasteiger partial charge in [-0.15, -0.1) is 0 Å². The maximum atomic E-state index is 12.4. The average molecular weight is 357 g/mol. The number of benzene rings is 1. The summed E-state index contributed by atoms with van der Waals surface area (Å²) in [4.78, 5) is 29.5. The molecule has 1 heterocycles. The molecule has 5 nitrogen and oxygen atoms in total. The highest BCUT2D eigenvalue weighted by atomic mass is 32.2. The molecule has 0 atom stereocenters.